The molecule has 0 spiro atoms. The molecule has 0 saturated heterocycles. The van der Waals surface area contributed by atoms with Gasteiger partial charge in [-0.15, -0.1) is 0 Å². The fraction of sp³-hybridized carbons (Fsp3) is 0.188. The minimum atomic E-state index is -1.05. The Morgan fingerprint density at radius 2 is 1.77 bits per heavy atom. The molecule has 0 unspecified atom stereocenters. The van der Waals surface area contributed by atoms with Gasteiger partial charge >= 0.3 is 5.97 Å². The summed E-state index contributed by atoms with van der Waals surface area (Å²) < 4.78 is 0. The van der Waals surface area contributed by atoms with E-state index < -0.39 is 23.8 Å². The summed E-state index contributed by atoms with van der Waals surface area (Å²) in [5, 5.41) is 12.8. The molecule has 0 aliphatic heterocycles. The first-order valence-corrected chi connectivity index (χ1v) is 6.79. The van der Waals surface area contributed by atoms with Crippen LogP contribution in [0.2, 0.25) is 0 Å². The maximum Gasteiger partial charge on any atom is 0.303 e. The van der Waals surface area contributed by atoms with E-state index in [9.17, 15) is 14.4 Å². The first-order valence-electron chi connectivity index (χ1n) is 6.79. The molecule has 6 nitrogen and oxygen atoms in total. The van der Waals surface area contributed by atoms with Crippen LogP contribution in [0.25, 0.3) is 10.8 Å². The quantitative estimate of drug-likeness (QED) is 0.746. The van der Waals surface area contributed by atoms with Gasteiger partial charge in [0.25, 0.3) is 5.91 Å². The summed E-state index contributed by atoms with van der Waals surface area (Å²) in [5.41, 5.74) is 5.63. The minimum Gasteiger partial charge on any atom is -0.481 e. The van der Waals surface area contributed by atoms with Crippen LogP contribution >= 0.6 is 0 Å². The van der Waals surface area contributed by atoms with Gasteiger partial charge in [0.15, 0.2) is 0 Å². The highest BCUT2D eigenvalue weighted by Gasteiger charge is 2.20. The molecule has 0 aromatic heterocycles. The number of nitrogens with one attached hydrogen (secondary N) is 1. The number of hydrogen-bond acceptors (Lipinski definition) is 3. The normalized spacial score (nSPS) is 11.8. The predicted molar refractivity (Wildman–Crippen MR) is 81.3 cm³/mol. The smallest absolute Gasteiger partial charge is 0.303 e. The van der Waals surface area contributed by atoms with E-state index in [1.165, 1.54) is 0 Å². The van der Waals surface area contributed by atoms with Crippen LogP contribution in [0.5, 0.6) is 0 Å². The highest BCUT2D eigenvalue weighted by molar-refractivity contribution is 6.08. The molecule has 0 radical (unpaired) electrons. The average molecular weight is 300 g/mol. The van der Waals surface area contributed by atoms with Crippen molar-refractivity contribution in [2.45, 2.75) is 18.9 Å². The van der Waals surface area contributed by atoms with Crippen molar-refractivity contribution in [2.75, 3.05) is 0 Å². The molecular weight excluding hydrogens is 284 g/mol. The van der Waals surface area contributed by atoms with Gasteiger partial charge < -0.3 is 16.2 Å². The number of amides is 2. The molecular formula is C16H16N2O4. The monoisotopic (exact) mass is 300 g/mol. The number of hydrogen-bond donors (Lipinski definition) is 3. The van der Waals surface area contributed by atoms with Crippen molar-refractivity contribution in [1.29, 1.82) is 0 Å². The van der Waals surface area contributed by atoms with Crippen molar-refractivity contribution < 1.29 is 19.5 Å². The largest absolute Gasteiger partial charge is 0.481 e. The van der Waals surface area contributed by atoms with Gasteiger partial charge in [0.05, 0.1) is 0 Å². The molecule has 22 heavy (non-hydrogen) atoms. The van der Waals surface area contributed by atoms with E-state index in [0.29, 0.717) is 5.56 Å². The number of aliphatic carboxylic acids is 1. The van der Waals surface area contributed by atoms with Crippen LogP contribution in [0.3, 0.4) is 0 Å². The fourth-order valence-electron chi connectivity index (χ4n) is 2.21. The van der Waals surface area contributed by atoms with Crippen LogP contribution in [0.15, 0.2) is 42.5 Å². The van der Waals surface area contributed by atoms with Crippen molar-refractivity contribution in [3.05, 3.63) is 48.0 Å². The minimum absolute atomic E-state index is 0.0405. The number of carboxylic acid groups (broad SMARTS) is 1. The number of carbonyl (C=O) groups is 3. The van der Waals surface area contributed by atoms with Crippen LogP contribution in [0, 0.1) is 0 Å². The average Bonchev–Trinajstić information content (AvgIpc) is 2.50. The predicted octanol–water partition coefficient (Wildman–Crippen LogP) is 1.29. The number of nitrogens with two attached hydrogens (primary N) is 1. The maximum absolute atomic E-state index is 12.4. The molecule has 0 bridgehead atoms. The molecule has 1 atom stereocenters. The summed E-state index contributed by atoms with van der Waals surface area (Å²) in [4.78, 5) is 34.3. The van der Waals surface area contributed by atoms with Gasteiger partial charge in [0.1, 0.15) is 6.04 Å². The molecule has 6 heteroatoms. The Hall–Kier alpha value is -2.89. The molecule has 0 fully saturated rings. The molecule has 4 N–H and O–H groups in total. The molecule has 0 saturated carbocycles. The zero-order valence-corrected chi connectivity index (χ0v) is 11.8. The number of fused-ring (bicyclic) bond motifs is 1. The van der Waals surface area contributed by atoms with E-state index in [0.717, 1.165) is 10.8 Å². The Morgan fingerprint density at radius 1 is 1.09 bits per heavy atom. The number of benzene rings is 2. The zero-order chi connectivity index (χ0) is 16.1. The lowest BCUT2D eigenvalue weighted by Gasteiger charge is -2.15. The van der Waals surface area contributed by atoms with Gasteiger partial charge in [0, 0.05) is 12.0 Å². The van der Waals surface area contributed by atoms with Crippen LogP contribution < -0.4 is 11.1 Å². The van der Waals surface area contributed by atoms with E-state index in [1.54, 1.807) is 18.2 Å². The van der Waals surface area contributed by atoms with Crippen molar-refractivity contribution in [3.63, 3.8) is 0 Å². The number of rotatable bonds is 6. The summed E-state index contributed by atoms with van der Waals surface area (Å²) in [5.74, 6) is -2.26. The van der Waals surface area contributed by atoms with Crippen molar-refractivity contribution >= 4 is 28.6 Å². The van der Waals surface area contributed by atoms with Crippen molar-refractivity contribution in [2.24, 2.45) is 5.73 Å². The third kappa shape index (κ3) is 3.60. The topological polar surface area (TPSA) is 109 Å². The highest BCUT2D eigenvalue weighted by atomic mass is 16.4. The molecule has 2 rings (SSSR count). The first-order chi connectivity index (χ1) is 10.5. The van der Waals surface area contributed by atoms with Gasteiger partial charge in [-0.2, -0.15) is 0 Å². The second-order valence-corrected chi connectivity index (χ2v) is 4.89. The standard InChI is InChI=1S/C16H16N2O4/c17-15(21)13(8-9-14(19)20)18-16(22)12-7-3-5-10-4-1-2-6-11(10)12/h1-7,13H,8-9H2,(H2,17,21)(H,18,22)(H,19,20)/t13-/m1/s1. The van der Waals surface area contributed by atoms with Gasteiger partial charge in [-0.25, -0.2) is 0 Å². The lowest BCUT2D eigenvalue weighted by atomic mass is 10.0. The van der Waals surface area contributed by atoms with E-state index in [4.69, 9.17) is 10.8 Å². The summed E-state index contributed by atoms with van der Waals surface area (Å²) in [6, 6.07) is 11.6. The molecule has 0 aliphatic rings. The lowest BCUT2D eigenvalue weighted by molar-refractivity contribution is -0.137. The summed E-state index contributed by atoms with van der Waals surface area (Å²) >= 11 is 0. The third-order valence-corrected chi connectivity index (χ3v) is 3.33. The Morgan fingerprint density at radius 3 is 2.45 bits per heavy atom. The number of carboxylic acids is 1. The summed E-state index contributed by atoms with van der Waals surface area (Å²) in [6.45, 7) is 0. The number of carbonyl (C=O) groups excluding carboxylic acids is 2. The Bertz CT molecular complexity index is 722. The van der Waals surface area contributed by atoms with E-state index in [1.807, 2.05) is 24.3 Å². The van der Waals surface area contributed by atoms with Gasteiger partial charge in [0.2, 0.25) is 5.91 Å². The van der Waals surface area contributed by atoms with Gasteiger partial charge in [-0.1, -0.05) is 36.4 Å². The van der Waals surface area contributed by atoms with Crippen LogP contribution in [0.4, 0.5) is 0 Å². The summed E-state index contributed by atoms with van der Waals surface area (Å²) in [6.07, 6.45) is -0.287. The lowest BCUT2D eigenvalue weighted by Crippen LogP contribution is -2.44. The van der Waals surface area contributed by atoms with Gasteiger partial charge in [-0.3, -0.25) is 14.4 Å². The van der Waals surface area contributed by atoms with E-state index in [2.05, 4.69) is 5.32 Å². The molecule has 2 aromatic rings. The van der Waals surface area contributed by atoms with Crippen LogP contribution in [0.1, 0.15) is 23.2 Å². The van der Waals surface area contributed by atoms with Crippen molar-refractivity contribution in [3.8, 4) is 0 Å². The fourth-order valence-corrected chi connectivity index (χ4v) is 2.21. The number of primary amides is 1. The molecule has 2 amide bonds. The second kappa shape index (κ2) is 6.71. The maximum atomic E-state index is 12.4. The first kappa shape index (κ1) is 15.5. The van der Waals surface area contributed by atoms with E-state index in [-0.39, 0.29) is 12.8 Å². The Balaban J connectivity index is 2.22. The molecule has 2 aromatic carbocycles. The van der Waals surface area contributed by atoms with Crippen LogP contribution in [-0.2, 0) is 9.59 Å². The molecule has 0 heterocycles. The second-order valence-electron chi connectivity index (χ2n) is 4.89. The Kier molecular flexibility index (Phi) is 4.73. The molecule has 114 valence electrons. The molecule has 0 aliphatic carbocycles. The van der Waals surface area contributed by atoms with Gasteiger partial charge in [-0.05, 0) is 23.3 Å². The van der Waals surface area contributed by atoms with Crippen LogP contribution in [-0.4, -0.2) is 28.9 Å². The SMILES string of the molecule is NC(=O)[C@@H](CCC(=O)O)NC(=O)c1cccc2ccccc12. The highest BCUT2D eigenvalue weighted by Crippen LogP contribution is 2.18. The third-order valence-electron chi connectivity index (χ3n) is 3.33. The van der Waals surface area contributed by atoms with Crippen molar-refractivity contribution in [1.82, 2.24) is 5.32 Å². The Labute approximate surface area is 126 Å². The summed E-state index contributed by atoms with van der Waals surface area (Å²) in [7, 11) is 0. The zero-order valence-electron chi connectivity index (χ0n) is 11.8. The van der Waals surface area contributed by atoms with E-state index >= 15 is 0 Å².